The van der Waals surface area contributed by atoms with Crippen molar-refractivity contribution in [2.75, 3.05) is 0 Å². The molecule has 0 spiro atoms. The van der Waals surface area contributed by atoms with Crippen molar-refractivity contribution in [2.24, 2.45) is 5.41 Å². The van der Waals surface area contributed by atoms with E-state index in [-0.39, 0.29) is 11.5 Å². The predicted molar refractivity (Wildman–Crippen MR) is 57.3 cm³/mol. The summed E-state index contributed by atoms with van der Waals surface area (Å²) in [5.41, 5.74) is -0.192. The zero-order chi connectivity index (χ0) is 10.8. The third kappa shape index (κ3) is 2.00. The molecule has 0 radical (unpaired) electrons. The van der Waals surface area contributed by atoms with Crippen molar-refractivity contribution in [1.82, 2.24) is 0 Å². The molecular formula is C12H22O2. The van der Waals surface area contributed by atoms with Gasteiger partial charge in [-0.3, -0.25) is 4.79 Å². The van der Waals surface area contributed by atoms with Crippen LogP contribution in [-0.2, 0) is 9.53 Å². The molecule has 0 aromatic heterocycles. The molecule has 14 heavy (non-hydrogen) atoms. The lowest BCUT2D eigenvalue weighted by molar-refractivity contribution is -0.168. The van der Waals surface area contributed by atoms with Crippen LogP contribution in [0.4, 0.5) is 0 Å². The Balaban J connectivity index is 2.44. The SMILES string of the molecule is CCCC(C)OC1CC(=O)C1(C)CC. The second-order valence-corrected chi connectivity index (χ2v) is 4.62. The highest BCUT2D eigenvalue weighted by molar-refractivity contribution is 5.91. The smallest absolute Gasteiger partial charge is 0.143 e. The number of ether oxygens (including phenoxy) is 1. The first kappa shape index (κ1) is 11.7. The van der Waals surface area contributed by atoms with E-state index in [9.17, 15) is 4.79 Å². The Kier molecular flexibility index (Phi) is 3.71. The molecule has 3 atom stereocenters. The average Bonchev–Trinajstić information content (AvgIpc) is 2.16. The number of carbonyl (C=O) groups is 1. The lowest BCUT2D eigenvalue weighted by Crippen LogP contribution is -2.53. The summed E-state index contributed by atoms with van der Waals surface area (Å²) in [6, 6.07) is 0. The van der Waals surface area contributed by atoms with Crippen LogP contribution in [0.15, 0.2) is 0 Å². The lowest BCUT2D eigenvalue weighted by Gasteiger charge is -2.45. The maximum absolute atomic E-state index is 11.5. The summed E-state index contributed by atoms with van der Waals surface area (Å²) >= 11 is 0. The number of rotatable bonds is 5. The van der Waals surface area contributed by atoms with Crippen LogP contribution in [0.2, 0.25) is 0 Å². The van der Waals surface area contributed by atoms with E-state index in [0.29, 0.717) is 18.3 Å². The summed E-state index contributed by atoms with van der Waals surface area (Å²) in [4.78, 5) is 11.5. The fourth-order valence-electron chi connectivity index (χ4n) is 2.05. The Labute approximate surface area is 87.0 Å². The first-order valence-electron chi connectivity index (χ1n) is 5.73. The van der Waals surface area contributed by atoms with Gasteiger partial charge in [0.15, 0.2) is 0 Å². The van der Waals surface area contributed by atoms with Crippen molar-refractivity contribution in [2.45, 2.75) is 65.6 Å². The molecule has 0 saturated heterocycles. The number of hydrogen-bond acceptors (Lipinski definition) is 2. The number of Topliss-reactive ketones (excluding diaryl/α,β-unsaturated/α-hetero) is 1. The zero-order valence-electron chi connectivity index (χ0n) is 9.80. The van der Waals surface area contributed by atoms with Crippen LogP contribution in [0, 0.1) is 5.41 Å². The van der Waals surface area contributed by atoms with Gasteiger partial charge in [0, 0.05) is 6.42 Å². The third-order valence-corrected chi connectivity index (χ3v) is 3.54. The second kappa shape index (κ2) is 4.43. The van der Waals surface area contributed by atoms with E-state index in [1.807, 2.05) is 6.92 Å². The predicted octanol–water partition coefficient (Wildman–Crippen LogP) is 2.95. The molecule has 0 heterocycles. The summed E-state index contributed by atoms with van der Waals surface area (Å²) in [7, 11) is 0. The quantitative estimate of drug-likeness (QED) is 0.679. The van der Waals surface area contributed by atoms with Gasteiger partial charge >= 0.3 is 0 Å². The normalized spacial score (nSPS) is 34.0. The zero-order valence-corrected chi connectivity index (χ0v) is 9.80. The molecule has 1 aliphatic carbocycles. The number of carbonyl (C=O) groups excluding carboxylic acids is 1. The van der Waals surface area contributed by atoms with E-state index < -0.39 is 0 Å². The Morgan fingerprint density at radius 1 is 1.57 bits per heavy atom. The van der Waals surface area contributed by atoms with Gasteiger partial charge in [-0.1, -0.05) is 27.2 Å². The van der Waals surface area contributed by atoms with Gasteiger partial charge in [0.1, 0.15) is 5.78 Å². The number of hydrogen-bond donors (Lipinski definition) is 0. The van der Waals surface area contributed by atoms with Crippen LogP contribution >= 0.6 is 0 Å². The van der Waals surface area contributed by atoms with E-state index in [1.54, 1.807) is 0 Å². The van der Waals surface area contributed by atoms with Crippen molar-refractivity contribution in [3.8, 4) is 0 Å². The lowest BCUT2D eigenvalue weighted by atomic mass is 9.64. The van der Waals surface area contributed by atoms with Crippen molar-refractivity contribution in [3.05, 3.63) is 0 Å². The molecule has 1 aliphatic rings. The van der Waals surface area contributed by atoms with Crippen LogP contribution in [0.5, 0.6) is 0 Å². The molecule has 0 aromatic carbocycles. The molecule has 1 saturated carbocycles. The van der Waals surface area contributed by atoms with Gasteiger partial charge in [0.25, 0.3) is 0 Å². The highest BCUT2D eigenvalue weighted by atomic mass is 16.5. The topological polar surface area (TPSA) is 26.3 Å². The van der Waals surface area contributed by atoms with Gasteiger partial charge in [0.05, 0.1) is 17.6 Å². The van der Waals surface area contributed by atoms with Crippen LogP contribution in [-0.4, -0.2) is 18.0 Å². The average molecular weight is 198 g/mol. The van der Waals surface area contributed by atoms with Gasteiger partial charge in [-0.2, -0.15) is 0 Å². The molecule has 1 fully saturated rings. The third-order valence-electron chi connectivity index (χ3n) is 3.54. The van der Waals surface area contributed by atoms with Crippen molar-refractivity contribution < 1.29 is 9.53 Å². The molecule has 0 amide bonds. The van der Waals surface area contributed by atoms with Crippen LogP contribution < -0.4 is 0 Å². The molecule has 2 heteroatoms. The van der Waals surface area contributed by atoms with Gasteiger partial charge in [-0.05, 0) is 19.8 Å². The summed E-state index contributed by atoms with van der Waals surface area (Å²) in [6.45, 7) is 8.35. The van der Waals surface area contributed by atoms with Crippen LogP contribution in [0.3, 0.4) is 0 Å². The molecule has 2 nitrogen and oxygen atoms in total. The minimum atomic E-state index is -0.192. The van der Waals surface area contributed by atoms with Gasteiger partial charge in [-0.15, -0.1) is 0 Å². The Morgan fingerprint density at radius 2 is 2.21 bits per heavy atom. The minimum Gasteiger partial charge on any atom is -0.374 e. The highest BCUT2D eigenvalue weighted by Gasteiger charge is 2.50. The summed E-state index contributed by atoms with van der Waals surface area (Å²) in [6.07, 6.45) is 4.22. The van der Waals surface area contributed by atoms with Crippen molar-refractivity contribution in [3.63, 3.8) is 0 Å². The Bertz CT molecular complexity index is 212. The van der Waals surface area contributed by atoms with Crippen molar-refractivity contribution in [1.29, 1.82) is 0 Å². The van der Waals surface area contributed by atoms with E-state index in [2.05, 4.69) is 20.8 Å². The fraction of sp³-hybridized carbons (Fsp3) is 0.917. The summed E-state index contributed by atoms with van der Waals surface area (Å²) in [5, 5.41) is 0. The van der Waals surface area contributed by atoms with E-state index in [0.717, 1.165) is 19.3 Å². The number of ketones is 1. The molecule has 0 aliphatic heterocycles. The monoisotopic (exact) mass is 198 g/mol. The van der Waals surface area contributed by atoms with Gasteiger partial charge in [0.2, 0.25) is 0 Å². The molecule has 3 unspecified atom stereocenters. The van der Waals surface area contributed by atoms with E-state index in [1.165, 1.54) is 0 Å². The minimum absolute atomic E-state index is 0.168. The summed E-state index contributed by atoms with van der Waals surface area (Å²) < 4.78 is 5.88. The molecule has 0 N–H and O–H groups in total. The molecular weight excluding hydrogens is 176 g/mol. The largest absolute Gasteiger partial charge is 0.374 e. The van der Waals surface area contributed by atoms with Crippen molar-refractivity contribution >= 4 is 5.78 Å². The highest BCUT2D eigenvalue weighted by Crippen LogP contribution is 2.42. The first-order valence-corrected chi connectivity index (χ1v) is 5.73. The second-order valence-electron chi connectivity index (χ2n) is 4.62. The maximum Gasteiger partial charge on any atom is 0.143 e. The van der Waals surface area contributed by atoms with Crippen LogP contribution in [0.25, 0.3) is 0 Å². The van der Waals surface area contributed by atoms with Gasteiger partial charge < -0.3 is 4.74 Å². The van der Waals surface area contributed by atoms with E-state index in [4.69, 9.17) is 4.74 Å². The Hall–Kier alpha value is -0.370. The van der Waals surface area contributed by atoms with Crippen LogP contribution in [0.1, 0.15) is 53.4 Å². The maximum atomic E-state index is 11.5. The molecule has 1 rings (SSSR count). The Morgan fingerprint density at radius 3 is 2.64 bits per heavy atom. The first-order chi connectivity index (χ1) is 6.54. The summed E-state index contributed by atoms with van der Waals surface area (Å²) in [5.74, 6) is 0.369. The fourth-order valence-corrected chi connectivity index (χ4v) is 2.05. The standard InChI is InChI=1S/C12H22O2/c1-5-7-9(3)14-11-8-10(13)12(11,4)6-2/h9,11H,5-8H2,1-4H3. The van der Waals surface area contributed by atoms with Gasteiger partial charge in [-0.25, -0.2) is 0 Å². The molecule has 82 valence electrons. The van der Waals surface area contributed by atoms with E-state index >= 15 is 0 Å². The molecule has 0 aromatic rings. The molecule has 0 bridgehead atoms.